The van der Waals surface area contributed by atoms with Crippen LogP contribution >= 0.6 is 11.6 Å². The number of aliphatic carboxylic acids is 1. The van der Waals surface area contributed by atoms with Crippen molar-refractivity contribution in [2.75, 3.05) is 6.54 Å². The Balaban J connectivity index is 1.58. The van der Waals surface area contributed by atoms with Crippen LogP contribution in [-0.2, 0) is 24.5 Å². The van der Waals surface area contributed by atoms with Crippen molar-refractivity contribution in [1.29, 1.82) is 0 Å². The fourth-order valence-electron chi connectivity index (χ4n) is 5.51. The second-order valence-electron chi connectivity index (χ2n) is 9.73. The van der Waals surface area contributed by atoms with Crippen molar-refractivity contribution in [1.82, 2.24) is 4.90 Å². The van der Waals surface area contributed by atoms with Crippen molar-refractivity contribution in [3.8, 4) is 5.75 Å². The Kier molecular flexibility index (Phi) is 6.92. The van der Waals surface area contributed by atoms with E-state index in [1.165, 1.54) is 24.3 Å². The molecule has 1 N–H and O–H groups in total. The zero-order chi connectivity index (χ0) is 27.2. The van der Waals surface area contributed by atoms with Crippen LogP contribution in [0.5, 0.6) is 5.75 Å². The summed E-state index contributed by atoms with van der Waals surface area (Å²) in [5.74, 6) is -2.08. The number of halogens is 1. The Morgan fingerprint density at radius 2 is 1.55 bits per heavy atom. The molecule has 0 atom stereocenters. The van der Waals surface area contributed by atoms with E-state index in [9.17, 15) is 27.9 Å². The van der Waals surface area contributed by atoms with Crippen LogP contribution in [-0.4, -0.2) is 42.5 Å². The number of allylic oxidation sites excluding steroid dienone is 4. The SMILES string of the molecule is Cc1ccc(S(=O)(=O)Oc2ccc(C3C4=C(CCCC4=O)N(CC(=O)O)C4=C3C(=O)CCC4)cc2Cl)cc1. The molecule has 3 aliphatic rings. The predicted molar refractivity (Wildman–Crippen MR) is 139 cm³/mol. The molecule has 1 heterocycles. The van der Waals surface area contributed by atoms with Crippen LogP contribution in [0.1, 0.15) is 55.6 Å². The van der Waals surface area contributed by atoms with E-state index in [4.69, 9.17) is 15.8 Å². The minimum Gasteiger partial charge on any atom is -0.480 e. The van der Waals surface area contributed by atoms with Gasteiger partial charge in [0, 0.05) is 41.3 Å². The van der Waals surface area contributed by atoms with Gasteiger partial charge in [-0.2, -0.15) is 8.42 Å². The van der Waals surface area contributed by atoms with Crippen molar-refractivity contribution >= 4 is 39.3 Å². The number of ketones is 2. The molecule has 0 aromatic heterocycles. The molecule has 0 spiro atoms. The molecule has 5 rings (SSSR count). The number of aryl methyl sites for hydroxylation is 1. The van der Waals surface area contributed by atoms with Crippen molar-refractivity contribution < 1.29 is 32.1 Å². The molecule has 0 amide bonds. The first kappa shape index (κ1) is 26.2. The Bertz CT molecular complexity index is 1480. The van der Waals surface area contributed by atoms with E-state index in [-0.39, 0.29) is 33.8 Å². The topological polar surface area (TPSA) is 118 Å². The Morgan fingerprint density at radius 1 is 0.974 bits per heavy atom. The molecule has 0 bridgehead atoms. The van der Waals surface area contributed by atoms with Crippen LogP contribution in [0.2, 0.25) is 5.02 Å². The van der Waals surface area contributed by atoms with Crippen molar-refractivity contribution in [2.24, 2.45) is 0 Å². The van der Waals surface area contributed by atoms with Crippen LogP contribution in [0, 0.1) is 6.92 Å². The van der Waals surface area contributed by atoms with Gasteiger partial charge < -0.3 is 14.2 Å². The molecule has 0 saturated carbocycles. The molecular weight excluding hydrogens is 530 g/mol. The van der Waals surface area contributed by atoms with Gasteiger partial charge in [0.25, 0.3) is 0 Å². The molecule has 0 unspecified atom stereocenters. The quantitative estimate of drug-likeness (QED) is 0.499. The van der Waals surface area contributed by atoms with Gasteiger partial charge in [0.15, 0.2) is 17.3 Å². The van der Waals surface area contributed by atoms with Gasteiger partial charge in [-0.25, -0.2) is 0 Å². The van der Waals surface area contributed by atoms with E-state index >= 15 is 0 Å². The third kappa shape index (κ3) is 4.76. The highest BCUT2D eigenvalue weighted by Gasteiger charge is 2.43. The number of rotatable bonds is 6. The van der Waals surface area contributed by atoms with E-state index in [0.29, 0.717) is 66.6 Å². The molecule has 0 fully saturated rings. The summed E-state index contributed by atoms with van der Waals surface area (Å²) in [6, 6.07) is 10.8. The highest BCUT2D eigenvalue weighted by molar-refractivity contribution is 7.87. The molecule has 2 aromatic carbocycles. The van der Waals surface area contributed by atoms with Crippen LogP contribution in [0.4, 0.5) is 0 Å². The summed E-state index contributed by atoms with van der Waals surface area (Å²) in [7, 11) is -4.14. The first-order chi connectivity index (χ1) is 18.1. The number of hydrogen-bond donors (Lipinski definition) is 1. The van der Waals surface area contributed by atoms with Gasteiger partial charge in [-0.15, -0.1) is 0 Å². The summed E-state index contributed by atoms with van der Waals surface area (Å²) in [6.45, 7) is 1.52. The molecule has 38 heavy (non-hydrogen) atoms. The number of Topliss-reactive ketones (excluding diaryl/α,β-unsaturated/α-hetero) is 2. The normalized spacial score (nSPS) is 18.4. The Morgan fingerprint density at radius 3 is 2.08 bits per heavy atom. The van der Waals surface area contributed by atoms with Crippen LogP contribution in [0.3, 0.4) is 0 Å². The monoisotopic (exact) mass is 555 g/mol. The summed E-state index contributed by atoms with van der Waals surface area (Å²) in [5.41, 5.74) is 3.57. The van der Waals surface area contributed by atoms with Crippen LogP contribution in [0.25, 0.3) is 0 Å². The molecular formula is C28H26ClNO7S. The minimum atomic E-state index is -4.14. The van der Waals surface area contributed by atoms with Crippen molar-refractivity contribution in [3.05, 3.63) is 81.2 Å². The van der Waals surface area contributed by atoms with Crippen molar-refractivity contribution in [2.45, 2.75) is 56.3 Å². The molecule has 2 aromatic rings. The number of benzene rings is 2. The summed E-state index contributed by atoms with van der Waals surface area (Å²) < 4.78 is 30.9. The van der Waals surface area contributed by atoms with Gasteiger partial charge in [0.05, 0.1) is 5.02 Å². The smallest absolute Gasteiger partial charge is 0.339 e. The predicted octanol–water partition coefficient (Wildman–Crippen LogP) is 4.91. The van der Waals surface area contributed by atoms with Gasteiger partial charge in [-0.3, -0.25) is 14.4 Å². The second kappa shape index (κ2) is 10.0. The first-order valence-corrected chi connectivity index (χ1v) is 14.2. The largest absolute Gasteiger partial charge is 0.480 e. The number of carbonyl (C=O) groups excluding carboxylic acids is 2. The maximum absolute atomic E-state index is 13.2. The second-order valence-corrected chi connectivity index (χ2v) is 11.7. The molecule has 8 nitrogen and oxygen atoms in total. The number of carboxylic acids is 1. The number of nitrogens with zero attached hydrogens (tertiary/aromatic N) is 1. The Labute approximate surface area is 225 Å². The third-order valence-corrected chi connectivity index (χ3v) is 8.72. The van der Waals surface area contributed by atoms with E-state index in [2.05, 4.69) is 0 Å². The summed E-state index contributed by atoms with van der Waals surface area (Å²) in [6.07, 6.45) is 2.86. The summed E-state index contributed by atoms with van der Waals surface area (Å²) >= 11 is 6.51. The minimum absolute atomic E-state index is 0.0146. The maximum Gasteiger partial charge on any atom is 0.339 e. The van der Waals surface area contributed by atoms with Gasteiger partial charge >= 0.3 is 16.1 Å². The number of carbonyl (C=O) groups is 3. The zero-order valence-corrected chi connectivity index (χ0v) is 22.3. The average molecular weight is 556 g/mol. The molecule has 0 radical (unpaired) electrons. The van der Waals surface area contributed by atoms with Gasteiger partial charge in [-0.05, 0) is 62.4 Å². The van der Waals surface area contributed by atoms with Crippen LogP contribution in [0.15, 0.2) is 69.9 Å². The van der Waals surface area contributed by atoms with E-state index in [0.717, 1.165) is 5.56 Å². The van der Waals surface area contributed by atoms with Crippen LogP contribution < -0.4 is 4.18 Å². The fraction of sp³-hybridized carbons (Fsp3) is 0.321. The highest BCUT2D eigenvalue weighted by Crippen LogP contribution is 2.49. The average Bonchev–Trinajstić information content (AvgIpc) is 2.86. The lowest BCUT2D eigenvalue weighted by Crippen LogP contribution is -2.41. The van der Waals surface area contributed by atoms with E-state index in [1.807, 2.05) is 6.92 Å². The molecule has 1 aliphatic heterocycles. The third-order valence-electron chi connectivity index (χ3n) is 7.18. The summed E-state index contributed by atoms with van der Waals surface area (Å²) in [4.78, 5) is 39.8. The Hall–Kier alpha value is -3.43. The van der Waals surface area contributed by atoms with Gasteiger partial charge in [0.1, 0.15) is 11.4 Å². The maximum atomic E-state index is 13.2. The lowest BCUT2D eigenvalue weighted by Gasteiger charge is -2.43. The molecule has 10 heteroatoms. The molecule has 0 saturated heterocycles. The highest BCUT2D eigenvalue weighted by atomic mass is 35.5. The van der Waals surface area contributed by atoms with Gasteiger partial charge in [0.2, 0.25) is 0 Å². The molecule has 2 aliphatic carbocycles. The van der Waals surface area contributed by atoms with E-state index in [1.54, 1.807) is 23.1 Å². The first-order valence-electron chi connectivity index (χ1n) is 12.4. The lowest BCUT2D eigenvalue weighted by molar-refractivity contribution is -0.138. The number of hydrogen-bond acceptors (Lipinski definition) is 7. The summed E-state index contributed by atoms with van der Waals surface area (Å²) in [5, 5.41) is 9.60. The van der Waals surface area contributed by atoms with Gasteiger partial charge in [-0.1, -0.05) is 35.4 Å². The molecule has 198 valence electrons. The lowest BCUT2D eigenvalue weighted by atomic mass is 9.71. The standard InChI is InChI=1S/C28H26ClNO7S/c1-16-8-11-18(12-9-16)38(35,36)37-24-13-10-17(14-19(24)29)26-27-20(4-2-6-22(27)31)30(15-25(33)34)21-5-3-7-23(32)28(21)26/h8-14,26H,2-7,15H2,1H3,(H,33,34). The zero-order valence-electron chi connectivity index (χ0n) is 20.7. The number of carboxylic acid groups (broad SMARTS) is 1. The van der Waals surface area contributed by atoms with Crippen molar-refractivity contribution in [3.63, 3.8) is 0 Å². The van der Waals surface area contributed by atoms with E-state index < -0.39 is 22.0 Å². The fourth-order valence-corrected chi connectivity index (χ4v) is 6.73.